The summed E-state index contributed by atoms with van der Waals surface area (Å²) in [6.45, 7) is 3.17. The Bertz CT molecular complexity index is 453. The predicted molar refractivity (Wildman–Crippen MR) is 72.6 cm³/mol. The van der Waals surface area contributed by atoms with Crippen LogP contribution in [0.5, 0.6) is 0 Å². The summed E-state index contributed by atoms with van der Waals surface area (Å²) >= 11 is 0. The summed E-state index contributed by atoms with van der Waals surface area (Å²) in [5.74, 6) is -0.361. The van der Waals surface area contributed by atoms with Crippen LogP contribution in [0.4, 0.5) is 11.4 Å². The molecule has 1 aliphatic rings. The lowest BCUT2D eigenvalue weighted by molar-refractivity contribution is 0.0601. The van der Waals surface area contributed by atoms with Crippen molar-refractivity contribution in [2.24, 2.45) is 5.41 Å². The summed E-state index contributed by atoms with van der Waals surface area (Å²) in [6.07, 6.45) is 3.77. The van der Waals surface area contributed by atoms with E-state index in [1.807, 2.05) is 6.07 Å². The van der Waals surface area contributed by atoms with Crippen LogP contribution in [0.3, 0.4) is 0 Å². The van der Waals surface area contributed by atoms with Crippen LogP contribution in [0.2, 0.25) is 0 Å². The first kappa shape index (κ1) is 12.7. The molecule has 1 saturated carbocycles. The van der Waals surface area contributed by atoms with Gasteiger partial charge in [0, 0.05) is 6.54 Å². The number of benzene rings is 1. The first-order valence-corrected chi connectivity index (χ1v) is 6.32. The molecular weight excluding hydrogens is 228 g/mol. The third-order valence-electron chi connectivity index (χ3n) is 3.83. The third kappa shape index (κ3) is 2.58. The van der Waals surface area contributed by atoms with Gasteiger partial charge in [-0.05, 0) is 42.9 Å². The van der Waals surface area contributed by atoms with Gasteiger partial charge in [0.25, 0.3) is 0 Å². The van der Waals surface area contributed by atoms with Gasteiger partial charge >= 0.3 is 5.97 Å². The number of rotatable bonds is 5. The molecule has 0 amide bonds. The van der Waals surface area contributed by atoms with Gasteiger partial charge in [-0.2, -0.15) is 0 Å². The summed E-state index contributed by atoms with van der Waals surface area (Å²) in [4.78, 5) is 11.4. The topological polar surface area (TPSA) is 64.3 Å². The Hall–Kier alpha value is -1.71. The van der Waals surface area contributed by atoms with E-state index in [1.165, 1.54) is 26.4 Å². The van der Waals surface area contributed by atoms with Crippen molar-refractivity contribution in [3.8, 4) is 0 Å². The molecule has 4 nitrogen and oxygen atoms in total. The largest absolute Gasteiger partial charge is 0.465 e. The molecule has 0 unspecified atom stereocenters. The Balaban J connectivity index is 2.03. The second kappa shape index (κ2) is 4.88. The Morgan fingerprint density at radius 1 is 1.50 bits per heavy atom. The molecule has 1 aromatic rings. The number of ether oxygens (including phenoxy) is 1. The second-order valence-electron chi connectivity index (χ2n) is 5.00. The smallest absolute Gasteiger partial charge is 0.337 e. The lowest BCUT2D eigenvalue weighted by Crippen LogP contribution is -2.15. The van der Waals surface area contributed by atoms with Crippen molar-refractivity contribution >= 4 is 17.3 Å². The van der Waals surface area contributed by atoms with Gasteiger partial charge < -0.3 is 15.8 Å². The fourth-order valence-electron chi connectivity index (χ4n) is 2.08. The van der Waals surface area contributed by atoms with Crippen molar-refractivity contribution in [3.63, 3.8) is 0 Å². The molecule has 0 heterocycles. The quantitative estimate of drug-likeness (QED) is 0.621. The number of nitrogens with two attached hydrogens (primary N) is 1. The highest BCUT2D eigenvalue weighted by Gasteiger charge is 2.40. The summed E-state index contributed by atoms with van der Waals surface area (Å²) in [5, 5.41) is 3.37. The molecule has 0 aliphatic heterocycles. The Morgan fingerprint density at radius 2 is 2.22 bits per heavy atom. The number of hydrogen-bond acceptors (Lipinski definition) is 4. The highest BCUT2D eigenvalue weighted by atomic mass is 16.5. The number of anilines is 2. The first-order valence-electron chi connectivity index (χ1n) is 6.32. The minimum atomic E-state index is -0.361. The summed E-state index contributed by atoms with van der Waals surface area (Å²) in [6, 6.07) is 5.23. The summed E-state index contributed by atoms with van der Waals surface area (Å²) in [5.41, 5.74) is 8.36. The number of nitrogens with one attached hydrogen (secondary N) is 1. The van der Waals surface area contributed by atoms with Crippen LogP contribution in [0.25, 0.3) is 0 Å². The first-order chi connectivity index (χ1) is 8.60. The van der Waals surface area contributed by atoms with Gasteiger partial charge in [-0.15, -0.1) is 0 Å². The van der Waals surface area contributed by atoms with Crippen LogP contribution in [-0.4, -0.2) is 19.6 Å². The minimum Gasteiger partial charge on any atom is -0.465 e. The number of carbonyl (C=O) groups is 1. The number of carbonyl (C=O) groups excluding carboxylic acids is 1. The van der Waals surface area contributed by atoms with E-state index < -0.39 is 0 Å². The van der Waals surface area contributed by atoms with E-state index in [2.05, 4.69) is 17.0 Å². The second-order valence-corrected chi connectivity index (χ2v) is 5.00. The molecule has 98 valence electrons. The molecule has 4 heteroatoms. The van der Waals surface area contributed by atoms with Gasteiger partial charge in [0.15, 0.2) is 0 Å². The molecule has 0 aromatic heterocycles. The van der Waals surface area contributed by atoms with E-state index in [1.54, 1.807) is 12.1 Å². The molecular formula is C14H20N2O2. The van der Waals surface area contributed by atoms with Gasteiger partial charge in [0.2, 0.25) is 0 Å². The highest BCUT2D eigenvalue weighted by Crippen LogP contribution is 2.48. The molecule has 1 aliphatic carbocycles. The van der Waals surface area contributed by atoms with Crippen LogP contribution in [0.1, 0.15) is 36.5 Å². The van der Waals surface area contributed by atoms with E-state index in [-0.39, 0.29) is 5.97 Å². The van der Waals surface area contributed by atoms with E-state index in [9.17, 15) is 4.79 Å². The van der Waals surface area contributed by atoms with E-state index >= 15 is 0 Å². The maximum Gasteiger partial charge on any atom is 0.337 e. The van der Waals surface area contributed by atoms with Crippen molar-refractivity contribution in [1.82, 2.24) is 0 Å². The predicted octanol–water partition coefficient (Wildman–Crippen LogP) is 2.66. The molecule has 1 aromatic carbocycles. The molecule has 0 spiro atoms. The molecule has 18 heavy (non-hydrogen) atoms. The molecule has 0 atom stereocenters. The number of hydrogen-bond donors (Lipinski definition) is 2. The fraction of sp³-hybridized carbons (Fsp3) is 0.500. The molecule has 0 radical (unpaired) electrons. The normalized spacial score (nSPS) is 16.1. The average Bonchev–Trinajstić information content (AvgIpc) is 3.17. The van der Waals surface area contributed by atoms with Gasteiger partial charge in [0.05, 0.1) is 24.0 Å². The van der Waals surface area contributed by atoms with Crippen LogP contribution >= 0.6 is 0 Å². The molecule has 3 N–H and O–H groups in total. The molecule has 0 bridgehead atoms. The monoisotopic (exact) mass is 248 g/mol. The van der Waals surface area contributed by atoms with Crippen molar-refractivity contribution in [2.45, 2.75) is 26.2 Å². The maximum atomic E-state index is 11.4. The van der Waals surface area contributed by atoms with Gasteiger partial charge in [-0.1, -0.05) is 6.92 Å². The average molecular weight is 248 g/mol. The summed E-state index contributed by atoms with van der Waals surface area (Å²) in [7, 11) is 1.36. The molecule has 2 rings (SSSR count). The van der Waals surface area contributed by atoms with Crippen LogP contribution < -0.4 is 11.1 Å². The van der Waals surface area contributed by atoms with Gasteiger partial charge in [-0.25, -0.2) is 4.79 Å². The zero-order valence-electron chi connectivity index (χ0n) is 11.0. The van der Waals surface area contributed by atoms with Crippen molar-refractivity contribution in [1.29, 1.82) is 0 Å². The highest BCUT2D eigenvalue weighted by molar-refractivity contribution is 5.91. The van der Waals surface area contributed by atoms with Crippen LogP contribution in [-0.2, 0) is 4.74 Å². The number of esters is 1. The van der Waals surface area contributed by atoms with Crippen LogP contribution in [0.15, 0.2) is 18.2 Å². The molecule has 0 saturated heterocycles. The van der Waals surface area contributed by atoms with Gasteiger partial charge in [-0.3, -0.25) is 0 Å². The van der Waals surface area contributed by atoms with Crippen molar-refractivity contribution in [2.75, 3.05) is 24.7 Å². The molecule has 1 fully saturated rings. The van der Waals surface area contributed by atoms with Gasteiger partial charge in [0.1, 0.15) is 0 Å². The van der Waals surface area contributed by atoms with E-state index in [4.69, 9.17) is 5.73 Å². The maximum absolute atomic E-state index is 11.4. The summed E-state index contributed by atoms with van der Waals surface area (Å²) < 4.78 is 4.66. The standard InChI is InChI=1S/C14H20N2O2/c1-3-14(6-7-14)9-16-12-5-4-10(8-11(12)15)13(17)18-2/h4-5,8,16H,3,6-7,9,15H2,1-2H3. The Kier molecular flexibility index (Phi) is 3.45. The number of nitrogen functional groups attached to an aromatic ring is 1. The Morgan fingerprint density at radius 3 is 2.72 bits per heavy atom. The third-order valence-corrected chi connectivity index (χ3v) is 3.83. The minimum absolute atomic E-state index is 0.361. The lowest BCUT2D eigenvalue weighted by Gasteiger charge is -2.16. The van der Waals surface area contributed by atoms with Crippen molar-refractivity contribution in [3.05, 3.63) is 23.8 Å². The lowest BCUT2D eigenvalue weighted by atomic mass is 10.0. The zero-order chi connectivity index (χ0) is 13.2. The SMILES string of the molecule is CCC1(CNc2ccc(C(=O)OC)cc2N)CC1. The Labute approximate surface area is 108 Å². The zero-order valence-corrected chi connectivity index (χ0v) is 11.0. The van der Waals surface area contributed by atoms with E-state index in [0.717, 1.165) is 12.2 Å². The fourth-order valence-corrected chi connectivity index (χ4v) is 2.08. The van der Waals surface area contributed by atoms with E-state index in [0.29, 0.717) is 16.7 Å². The number of methoxy groups -OCH3 is 1. The van der Waals surface area contributed by atoms with Crippen LogP contribution in [0, 0.1) is 5.41 Å². The van der Waals surface area contributed by atoms with Crippen molar-refractivity contribution < 1.29 is 9.53 Å².